The number of halogens is 4. The maximum atomic E-state index is 3.10. The zero-order valence-electron chi connectivity index (χ0n) is 10.7. The molecule has 0 aromatic carbocycles. The van der Waals surface area contributed by atoms with Gasteiger partial charge >= 0.3 is 0 Å². The summed E-state index contributed by atoms with van der Waals surface area (Å²) in [7, 11) is 0. The lowest BCUT2D eigenvalue weighted by atomic mass is 9.99. The van der Waals surface area contributed by atoms with Crippen LogP contribution in [-0.4, -0.2) is 5.17 Å². The molecule has 18 heavy (non-hydrogen) atoms. The van der Waals surface area contributed by atoms with Gasteiger partial charge in [0.1, 0.15) is 0 Å². The molecule has 2 aliphatic carbocycles. The van der Waals surface area contributed by atoms with Crippen LogP contribution in [0.4, 0.5) is 0 Å². The van der Waals surface area contributed by atoms with Crippen LogP contribution in [0.1, 0.15) is 64.2 Å². The van der Waals surface area contributed by atoms with Gasteiger partial charge in [-0.1, -0.05) is 130 Å². The first kappa shape index (κ1) is 17.7. The molecule has 0 aromatic heterocycles. The third kappa shape index (κ3) is 4.00. The van der Waals surface area contributed by atoms with Crippen molar-refractivity contribution in [3.8, 4) is 0 Å². The van der Waals surface area contributed by atoms with Gasteiger partial charge in [0.05, 0.1) is 0 Å². The third-order valence-corrected chi connectivity index (χ3v) is 78.8. The minimum atomic E-state index is -1.08. The predicted octanol–water partition coefficient (Wildman–Crippen LogP) is 7.36. The highest BCUT2D eigenvalue weighted by Gasteiger charge is 2.58. The Bertz CT molecular complexity index is 250. The maximum absolute atomic E-state index is 3.10. The standard InChI is InChI=1S/C12H22I4Si2/c13-17(18(14,15)16,11-7-3-1-4-8-11)12-9-5-2-6-10-12/h11-12H,1-10H2. The Morgan fingerprint density at radius 3 is 1.17 bits per heavy atom. The van der Waals surface area contributed by atoms with Crippen molar-refractivity contribution >= 4 is 92.4 Å². The van der Waals surface area contributed by atoms with Gasteiger partial charge in [0.25, 0.3) is 0.0813 Å². The molecule has 0 N–H and O–H groups in total. The van der Waals surface area contributed by atoms with Crippen LogP contribution >= 0.6 is 87.2 Å². The summed E-state index contributed by atoms with van der Waals surface area (Å²) in [6.45, 7) is 0. The Balaban J connectivity index is 2.21. The highest BCUT2D eigenvalue weighted by molar-refractivity contribution is 14.4. The smallest absolute Gasteiger partial charge is 0.119 e. The lowest BCUT2D eigenvalue weighted by Gasteiger charge is -2.47. The first-order valence-electron chi connectivity index (χ1n) is 7.22. The third-order valence-electron chi connectivity index (χ3n) is 4.83. The second-order valence-corrected chi connectivity index (χ2v) is 65.5. The molecular weight excluding hydrogens is 708 g/mol. The van der Waals surface area contributed by atoms with Crippen molar-refractivity contribution in [3.63, 3.8) is 0 Å². The molecule has 0 aliphatic heterocycles. The Labute approximate surface area is 165 Å². The topological polar surface area (TPSA) is 0 Å². The van der Waals surface area contributed by atoms with Crippen molar-refractivity contribution in [1.29, 1.82) is 0 Å². The summed E-state index contributed by atoms with van der Waals surface area (Å²) in [4.78, 5) is 0. The molecular formula is C12H22I4Si2. The van der Waals surface area contributed by atoms with E-state index in [0.717, 1.165) is 11.1 Å². The fraction of sp³-hybridized carbons (Fsp3) is 1.00. The van der Waals surface area contributed by atoms with E-state index in [1.54, 1.807) is 25.7 Å². The van der Waals surface area contributed by atoms with Crippen LogP contribution in [0.2, 0.25) is 11.1 Å². The van der Waals surface area contributed by atoms with Crippen LogP contribution in [0.25, 0.3) is 0 Å². The molecule has 0 heterocycles. The molecule has 106 valence electrons. The lowest BCUT2D eigenvalue weighted by molar-refractivity contribution is 0.466. The highest BCUT2D eigenvalue weighted by atomic mass is 127. The molecule has 0 radical (unpaired) electrons. The van der Waals surface area contributed by atoms with E-state index in [0.29, 0.717) is 0 Å². The van der Waals surface area contributed by atoms with Gasteiger partial charge in [0, 0.05) is 0 Å². The minimum absolute atomic E-state index is 1.05. The van der Waals surface area contributed by atoms with E-state index in [4.69, 9.17) is 0 Å². The van der Waals surface area contributed by atoms with Crippen LogP contribution < -0.4 is 0 Å². The van der Waals surface area contributed by atoms with E-state index in [9.17, 15) is 0 Å². The predicted molar refractivity (Wildman–Crippen MR) is 121 cm³/mol. The summed E-state index contributed by atoms with van der Waals surface area (Å²) >= 11 is 11.9. The van der Waals surface area contributed by atoms with Gasteiger partial charge in [0.2, 0.25) is 0 Å². The van der Waals surface area contributed by atoms with Crippen molar-refractivity contribution < 1.29 is 0 Å². The number of hydrogen-bond donors (Lipinski definition) is 0. The number of rotatable bonds is 3. The molecule has 0 amide bonds. The molecule has 0 bridgehead atoms. The van der Waals surface area contributed by atoms with E-state index in [2.05, 4.69) is 87.2 Å². The normalized spacial score (nSPS) is 25.3. The average molecular weight is 730 g/mol. The fourth-order valence-electron chi connectivity index (χ4n) is 3.84. The molecule has 6 heteroatoms. The van der Waals surface area contributed by atoms with Crippen molar-refractivity contribution in [1.82, 2.24) is 0 Å². The van der Waals surface area contributed by atoms with Crippen LogP contribution in [0.5, 0.6) is 0 Å². The second-order valence-electron chi connectivity index (χ2n) is 5.94. The van der Waals surface area contributed by atoms with Gasteiger partial charge in [-0.3, -0.25) is 0 Å². The zero-order chi connectivity index (χ0) is 13.2. The molecule has 0 unspecified atom stereocenters. The van der Waals surface area contributed by atoms with Gasteiger partial charge in [-0.25, -0.2) is 0 Å². The van der Waals surface area contributed by atoms with E-state index in [1.165, 1.54) is 38.5 Å². The summed E-state index contributed by atoms with van der Waals surface area (Å²) in [5.41, 5.74) is 2.32. The van der Waals surface area contributed by atoms with Gasteiger partial charge in [0.15, 0.2) is 5.09 Å². The quantitative estimate of drug-likeness (QED) is 0.162. The van der Waals surface area contributed by atoms with Crippen molar-refractivity contribution in [2.24, 2.45) is 0 Å². The molecule has 2 aliphatic rings. The van der Waals surface area contributed by atoms with Gasteiger partial charge in [-0.15, -0.1) is 21.8 Å². The van der Waals surface area contributed by atoms with Crippen LogP contribution in [0.15, 0.2) is 0 Å². The molecule has 0 atom stereocenters. The Kier molecular flexibility index (Phi) is 7.63. The van der Waals surface area contributed by atoms with Gasteiger partial charge in [-0.05, 0) is 11.1 Å². The van der Waals surface area contributed by atoms with E-state index < -0.39 is 5.17 Å². The molecule has 2 fully saturated rings. The van der Waals surface area contributed by atoms with Crippen molar-refractivity contribution in [2.45, 2.75) is 75.3 Å². The van der Waals surface area contributed by atoms with Crippen LogP contribution in [0.3, 0.4) is 0 Å². The second kappa shape index (κ2) is 7.76. The van der Waals surface area contributed by atoms with Crippen molar-refractivity contribution in [3.05, 3.63) is 0 Å². The SMILES string of the molecule is I[Si](I)(I)[Si](I)(C1CCCCC1)C1CCCCC1. The zero-order valence-corrected chi connectivity index (χ0v) is 21.4. The fourth-order valence-corrected chi connectivity index (χ4v) is 40.0. The Morgan fingerprint density at radius 2 is 0.889 bits per heavy atom. The summed E-state index contributed by atoms with van der Waals surface area (Å²) in [5, 5.41) is -1.08. The van der Waals surface area contributed by atoms with E-state index in [1.807, 2.05) is 0 Å². The summed E-state index contributed by atoms with van der Waals surface area (Å²) in [6, 6.07) is 0. The molecule has 0 nitrogen and oxygen atoms in total. The van der Waals surface area contributed by atoms with E-state index in [-0.39, 0.29) is 0 Å². The monoisotopic (exact) mass is 730 g/mol. The highest BCUT2D eigenvalue weighted by Crippen LogP contribution is 2.60. The van der Waals surface area contributed by atoms with Gasteiger partial charge in [-0.2, -0.15) is 0 Å². The summed E-state index contributed by atoms with van der Waals surface area (Å²) in [6.07, 6.45) is 15.5. The van der Waals surface area contributed by atoms with Crippen molar-refractivity contribution in [2.75, 3.05) is 0 Å². The average Bonchev–Trinajstić information content (AvgIpc) is 2.38. The molecule has 0 spiro atoms. The van der Waals surface area contributed by atoms with Crippen LogP contribution in [-0.2, 0) is 0 Å². The Morgan fingerprint density at radius 1 is 0.556 bits per heavy atom. The maximum Gasteiger partial charge on any atom is 0.253 e. The number of hydrogen-bond acceptors (Lipinski definition) is 0. The summed E-state index contributed by atoms with van der Waals surface area (Å²) < 4.78 is -1.05. The van der Waals surface area contributed by atoms with Crippen LogP contribution in [0, 0.1) is 0 Å². The first-order valence-corrected chi connectivity index (χ1v) is 24.8. The first-order chi connectivity index (χ1) is 8.46. The molecule has 2 saturated carbocycles. The minimum Gasteiger partial charge on any atom is -0.119 e. The largest absolute Gasteiger partial charge is 0.253 e. The molecule has 2 rings (SSSR count). The molecule has 0 saturated heterocycles. The Hall–Kier alpha value is 3.35. The summed E-state index contributed by atoms with van der Waals surface area (Å²) in [5.74, 6) is 0. The van der Waals surface area contributed by atoms with E-state index >= 15 is 0 Å². The molecule has 0 aromatic rings. The van der Waals surface area contributed by atoms with Gasteiger partial charge < -0.3 is 0 Å². The lowest BCUT2D eigenvalue weighted by Crippen LogP contribution is -2.54.